The molecule has 0 saturated carbocycles. The average Bonchev–Trinajstić information content (AvgIpc) is 3.06. The zero-order chi connectivity index (χ0) is 32.7. The van der Waals surface area contributed by atoms with Crippen LogP contribution in [0.5, 0.6) is 5.75 Å². The molecule has 0 aliphatic rings. The Hall–Kier alpha value is -3.26. The standard InChI is InChI=1S/C37H55ClN4O3/c1-7-41(8-2)23-11-25-43-27-22-36(44-26-12-24-42(9-3)10-4)29-37(39-6)31(5)40-30-33-15-19-35(20-16-33)45-28-21-32-13-17-34(38)18-14-32/h13-20,22,27,29,40H,6-12,21,23-26,28,30H2,1-5H3/b27-22+,36-29+,37-31-. The highest BCUT2D eigenvalue weighted by Gasteiger charge is 2.05. The van der Waals surface area contributed by atoms with E-state index < -0.39 is 0 Å². The van der Waals surface area contributed by atoms with Crippen LogP contribution in [0.25, 0.3) is 0 Å². The highest BCUT2D eigenvalue weighted by Crippen LogP contribution is 2.16. The van der Waals surface area contributed by atoms with E-state index in [2.05, 4.69) is 66.7 Å². The smallest absolute Gasteiger partial charge is 0.124 e. The SMILES string of the molecule is C=NC(/C=C(\C=C\OCCCN(CC)CC)OCCCN(CC)CC)=C(/C)NCc1ccc(OCCc2ccc(Cl)cc2)cc1. The molecule has 0 unspecified atom stereocenters. The maximum Gasteiger partial charge on any atom is 0.124 e. The molecule has 2 aromatic rings. The van der Waals surface area contributed by atoms with E-state index in [4.69, 9.17) is 25.8 Å². The fourth-order valence-corrected chi connectivity index (χ4v) is 4.75. The largest absolute Gasteiger partial charge is 0.501 e. The van der Waals surface area contributed by atoms with E-state index in [1.54, 1.807) is 6.26 Å². The van der Waals surface area contributed by atoms with Crippen molar-refractivity contribution in [3.05, 3.63) is 100 Å². The molecule has 0 fully saturated rings. The summed E-state index contributed by atoms with van der Waals surface area (Å²) in [4.78, 5) is 9.08. The lowest BCUT2D eigenvalue weighted by molar-refractivity contribution is 0.189. The van der Waals surface area contributed by atoms with E-state index in [9.17, 15) is 0 Å². The number of ether oxygens (including phenoxy) is 3. The molecule has 2 aromatic carbocycles. The van der Waals surface area contributed by atoms with Crippen molar-refractivity contribution < 1.29 is 14.2 Å². The molecule has 0 amide bonds. The fraction of sp³-hybridized carbons (Fsp3) is 0.486. The van der Waals surface area contributed by atoms with Crippen LogP contribution in [-0.2, 0) is 22.4 Å². The second-order valence-electron chi connectivity index (χ2n) is 10.7. The first kappa shape index (κ1) is 37.9. The molecule has 0 atom stereocenters. The van der Waals surface area contributed by atoms with E-state index >= 15 is 0 Å². The van der Waals surface area contributed by atoms with Gasteiger partial charge in [-0.05, 0) is 88.1 Å². The maximum atomic E-state index is 6.18. The number of hydrogen-bond acceptors (Lipinski definition) is 7. The highest BCUT2D eigenvalue weighted by molar-refractivity contribution is 6.30. The summed E-state index contributed by atoms with van der Waals surface area (Å²) in [5, 5.41) is 4.22. The molecule has 2 rings (SSSR count). The lowest BCUT2D eigenvalue weighted by atomic mass is 10.2. The Morgan fingerprint density at radius 3 is 2.04 bits per heavy atom. The van der Waals surface area contributed by atoms with Crippen molar-refractivity contribution >= 4 is 18.3 Å². The molecule has 0 bridgehead atoms. The Bertz CT molecular complexity index is 1170. The van der Waals surface area contributed by atoms with E-state index in [1.807, 2.05) is 55.5 Å². The number of allylic oxidation sites excluding steroid dienone is 3. The maximum absolute atomic E-state index is 6.18. The number of aliphatic imine (C=N–C) groups is 1. The zero-order valence-corrected chi connectivity index (χ0v) is 29.0. The Labute approximate surface area is 277 Å². The summed E-state index contributed by atoms with van der Waals surface area (Å²) in [5.41, 5.74) is 3.97. The van der Waals surface area contributed by atoms with Crippen LogP contribution >= 0.6 is 11.6 Å². The van der Waals surface area contributed by atoms with Gasteiger partial charge in [0.2, 0.25) is 0 Å². The third-order valence-electron chi connectivity index (χ3n) is 7.63. The summed E-state index contributed by atoms with van der Waals surface area (Å²) >= 11 is 5.97. The average molecular weight is 639 g/mol. The number of rotatable bonds is 24. The Morgan fingerprint density at radius 1 is 0.844 bits per heavy atom. The second kappa shape index (κ2) is 23.1. The van der Waals surface area contributed by atoms with Crippen LogP contribution in [0.15, 0.2) is 89.1 Å². The van der Waals surface area contributed by atoms with Gasteiger partial charge in [-0.2, -0.15) is 0 Å². The number of nitrogens with one attached hydrogen (secondary N) is 1. The van der Waals surface area contributed by atoms with Gasteiger partial charge in [-0.1, -0.05) is 63.6 Å². The van der Waals surface area contributed by atoms with Crippen LogP contribution in [0.3, 0.4) is 0 Å². The zero-order valence-electron chi connectivity index (χ0n) is 28.2. The van der Waals surface area contributed by atoms with Gasteiger partial charge in [-0.3, -0.25) is 4.99 Å². The van der Waals surface area contributed by atoms with Crippen LogP contribution in [0.2, 0.25) is 5.02 Å². The van der Waals surface area contributed by atoms with Gasteiger partial charge in [0.05, 0.1) is 31.8 Å². The van der Waals surface area contributed by atoms with Gasteiger partial charge in [0.1, 0.15) is 11.5 Å². The van der Waals surface area contributed by atoms with Gasteiger partial charge in [0, 0.05) is 48.9 Å². The van der Waals surface area contributed by atoms with Crippen molar-refractivity contribution in [2.24, 2.45) is 4.99 Å². The second-order valence-corrected chi connectivity index (χ2v) is 11.2. The summed E-state index contributed by atoms with van der Waals surface area (Å²) in [6.07, 6.45) is 8.26. The summed E-state index contributed by atoms with van der Waals surface area (Å²) in [7, 11) is 0. The van der Waals surface area contributed by atoms with Crippen LogP contribution in [0, 0.1) is 0 Å². The van der Waals surface area contributed by atoms with E-state index in [0.717, 1.165) is 86.3 Å². The van der Waals surface area contributed by atoms with Gasteiger partial charge in [0.15, 0.2) is 0 Å². The topological polar surface area (TPSA) is 58.6 Å². The number of nitrogens with zero attached hydrogens (tertiary/aromatic N) is 3. The molecule has 248 valence electrons. The monoisotopic (exact) mass is 638 g/mol. The molecular weight excluding hydrogens is 584 g/mol. The molecule has 0 saturated heterocycles. The summed E-state index contributed by atoms with van der Waals surface area (Å²) in [6, 6.07) is 16.0. The summed E-state index contributed by atoms with van der Waals surface area (Å²) in [6.45, 7) is 23.3. The Balaban J connectivity index is 1.96. The predicted molar refractivity (Wildman–Crippen MR) is 190 cm³/mol. The fourth-order valence-electron chi connectivity index (χ4n) is 4.62. The van der Waals surface area contributed by atoms with Crippen molar-refractivity contribution in [1.29, 1.82) is 0 Å². The lowest BCUT2D eigenvalue weighted by Crippen LogP contribution is -2.24. The highest BCUT2D eigenvalue weighted by atomic mass is 35.5. The molecular formula is C37H55ClN4O3. The molecule has 0 aromatic heterocycles. The van der Waals surface area contributed by atoms with E-state index in [0.29, 0.717) is 32.1 Å². The first-order valence-corrected chi connectivity index (χ1v) is 16.7. The Kier molecular flexibility index (Phi) is 19.5. The molecule has 0 aliphatic heterocycles. The molecule has 8 heteroatoms. The Morgan fingerprint density at radius 2 is 1.44 bits per heavy atom. The van der Waals surface area contributed by atoms with Gasteiger partial charge in [0.25, 0.3) is 0 Å². The van der Waals surface area contributed by atoms with Crippen LogP contribution in [0.1, 0.15) is 58.6 Å². The van der Waals surface area contributed by atoms with Crippen LogP contribution in [-0.4, -0.2) is 75.6 Å². The molecule has 0 spiro atoms. The molecule has 0 heterocycles. The first-order chi connectivity index (χ1) is 21.9. The van der Waals surface area contributed by atoms with Crippen LogP contribution in [0.4, 0.5) is 0 Å². The lowest BCUT2D eigenvalue weighted by Gasteiger charge is -2.18. The molecule has 0 radical (unpaired) electrons. The third-order valence-corrected chi connectivity index (χ3v) is 7.88. The molecule has 45 heavy (non-hydrogen) atoms. The summed E-state index contributed by atoms with van der Waals surface area (Å²) < 4.78 is 17.9. The molecule has 1 N–H and O–H groups in total. The minimum absolute atomic E-state index is 0.609. The molecule has 7 nitrogen and oxygen atoms in total. The number of benzene rings is 2. The van der Waals surface area contributed by atoms with Crippen molar-refractivity contribution in [3.63, 3.8) is 0 Å². The van der Waals surface area contributed by atoms with E-state index in [1.165, 1.54) is 5.56 Å². The minimum atomic E-state index is 0.609. The van der Waals surface area contributed by atoms with Gasteiger partial charge < -0.3 is 29.3 Å². The third kappa shape index (κ3) is 16.0. The number of hydrogen-bond donors (Lipinski definition) is 1. The normalized spacial score (nSPS) is 12.5. The van der Waals surface area contributed by atoms with Crippen molar-refractivity contribution in [2.45, 2.75) is 60.4 Å². The summed E-state index contributed by atoms with van der Waals surface area (Å²) in [5.74, 6) is 1.54. The minimum Gasteiger partial charge on any atom is -0.501 e. The van der Waals surface area contributed by atoms with Crippen molar-refractivity contribution in [2.75, 3.05) is 59.1 Å². The van der Waals surface area contributed by atoms with Gasteiger partial charge in [-0.25, -0.2) is 0 Å². The van der Waals surface area contributed by atoms with Gasteiger partial charge in [-0.15, -0.1) is 0 Å². The van der Waals surface area contributed by atoms with Gasteiger partial charge >= 0.3 is 0 Å². The number of halogens is 1. The van der Waals surface area contributed by atoms with Crippen LogP contribution < -0.4 is 10.1 Å². The quantitative estimate of drug-likeness (QED) is 0.0546. The molecule has 0 aliphatic carbocycles. The van der Waals surface area contributed by atoms with Crippen molar-refractivity contribution in [1.82, 2.24) is 15.1 Å². The first-order valence-electron chi connectivity index (χ1n) is 16.4. The predicted octanol–water partition coefficient (Wildman–Crippen LogP) is 7.88. The van der Waals surface area contributed by atoms with Crippen molar-refractivity contribution in [3.8, 4) is 5.75 Å². The van der Waals surface area contributed by atoms with E-state index in [-0.39, 0.29) is 0 Å².